The molecule has 0 radical (unpaired) electrons. The Morgan fingerprint density at radius 1 is 0.893 bits per heavy atom. The van der Waals surface area contributed by atoms with Crippen molar-refractivity contribution in [2.75, 3.05) is 36.5 Å². The minimum absolute atomic E-state index is 0.717. The van der Waals surface area contributed by atoms with Crippen LogP contribution in [0.1, 0.15) is 10.4 Å². The Morgan fingerprint density at radius 3 is 2.50 bits per heavy atom. The highest BCUT2D eigenvalue weighted by molar-refractivity contribution is 7.12. The van der Waals surface area contributed by atoms with Crippen molar-refractivity contribution < 1.29 is 4.74 Å². The zero-order valence-corrected chi connectivity index (χ0v) is 16.2. The van der Waals surface area contributed by atoms with Crippen molar-refractivity contribution in [1.82, 2.24) is 0 Å². The van der Waals surface area contributed by atoms with E-state index in [1.165, 1.54) is 5.69 Å². The molecule has 3 heterocycles. The summed E-state index contributed by atoms with van der Waals surface area (Å²) < 4.78 is 5.45. The Hall–Kier alpha value is -2.96. The molecule has 0 bridgehead atoms. The third kappa shape index (κ3) is 3.44. The number of aliphatic imine (C=N–C) groups is 2. The van der Waals surface area contributed by atoms with E-state index in [1.54, 1.807) is 11.3 Å². The van der Waals surface area contributed by atoms with Crippen LogP contribution in [0.3, 0.4) is 0 Å². The van der Waals surface area contributed by atoms with Crippen LogP contribution < -0.4 is 10.2 Å². The number of para-hydroxylation sites is 2. The summed E-state index contributed by atoms with van der Waals surface area (Å²) in [5, 5.41) is 5.51. The van der Waals surface area contributed by atoms with E-state index in [2.05, 4.69) is 45.9 Å². The summed E-state index contributed by atoms with van der Waals surface area (Å²) in [4.78, 5) is 13.2. The molecule has 28 heavy (non-hydrogen) atoms. The molecule has 0 atom stereocenters. The summed E-state index contributed by atoms with van der Waals surface area (Å²) in [7, 11) is 0. The number of ether oxygens (including phenoxy) is 1. The zero-order chi connectivity index (χ0) is 18.8. The number of benzene rings is 2. The van der Waals surface area contributed by atoms with Crippen LogP contribution in [-0.4, -0.2) is 38.0 Å². The molecule has 1 saturated heterocycles. The van der Waals surface area contributed by atoms with Crippen LogP contribution in [0.2, 0.25) is 0 Å². The highest BCUT2D eigenvalue weighted by Crippen LogP contribution is 2.29. The van der Waals surface area contributed by atoms with E-state index in [9.17, 15) is 0 Å². The Balaban J connectivity index is 1.52. The lowest BCUT2D eigenvalue weighted by Crippen LogP contribution is -2.36. The average Bonchev–Trinajstić information content (AvgIpc) is 3.22. The van der Waals surface area contributed by atoms with Gasteiger partial charge < -0.3 is 15.0 Å². The van der Waals surface area contributed by atoms with E-state index in [-0.39, 0.29) is 0 Å². The SMILES string of the molecule is c1csc(C2=NC(c3ccc(N4CCOCC4)cc3)=Nc3ccccc3N2)c1. The van der Waals surface area contributed by atoms with Crippen molar-refractivity contribution >= 4 is 40.1 Å². The van der Waals surface area contributed by atoms with Crippen molar-refractivity contribution in [3.05, 3.63) is 76.5 Å². The number of rotatable bonds is 3. The third-order valence-corrected chi connectivity index (χ3v) is 5.73. The van der Waals surface area contributed by atoms with Crippen molar-refractivity contribution in [2.45, 2.75) is 0 Å². The van der Waals surface area contributed by atoms with Gasteiger partial charge in [-0.2, -0.15) is 0 Å². The molecule has 6 heteroatoms. The molecule has 0 saturated carbocycles. The van der Waals surface area contributed by atoms with Gasteiger partial charge in [-0.25, -0.2) is 9.98 Å². The lowest BCUT2D eigenvalue weighted by molar-refractivity contribution is 0.122. The van der Waals surface area contributed by atoms with Gasteiger partial charge in [0, 0.05) is 24.3 Å². The van der Waals surface area contributed by atoms with E-state index in [4.69, 9.17) is 14.7 Å². The van der Waals surface area contributed by atoms with Crippen LogP contribution in [0.25, 0.3) is 0 Å². The molecule has 3 aromatic rings. The molecule has 1 fully saturated rings. The number of amidine groups is 2. The first-order valence-corrected chi connectivity index (χ1v) is 10.3. The van der Waals surface area contributed by atoms with Crippen LogP contribution in [0.4, 0.5) is 17.1 Å². The van der Waals surface area contributed by atoms with Gasteiger partial charge in [-0.05, 0) is 47.8 Å². The van der Waals surface area contributed by atoms with Crippen LogP contribution in [-0.2, 0) is 4.74 Å². The topological polar surface area (TPSA) is 49.2 Å². The quantitative estimate of drug-likeness (QED) is 0.717. The number of anilines is 2. The van der Waals surface area contributed by atoms with Gasteiger partial charge in [-0.3, -0.25) is 0 Å². The monoisotopic (exact) mass is 388 g/mol. The first kappa shape index (κ1) is 17.2. The maximum Gasteiger partial charge on any atom is 0.162 e. The first-order valence-electron chi connectivity index (χ1n) is 9.37. The minimum atomic E-state index is 0.717. The lowest BCUT2D eigenvalue weighted by Gasteiger charge is -2.28. The molecular formula is C22H20N4OS. The fourth-order valence-electron chi connectivity index (χ4n) is 3.38. The normalized spacial score (nSPS) is 16.5. The second-order valence-corrected chi connectivity index (χ2v) is 7.61. The Labute approximate surface area is 168 Å². The number of fused-ring (bicyclic) bond motifs is 1. The van der Waals surface area contributed by atoms with E-state index < -0.39 is 0 Å². The third-order valence-electron chi connectivity index (χ3n) is 4.86. The molecule has 2 aliphatic rings. The summed E-state index contributed by atoms with van der Waals surface area (Å²) in [6.45, 7) is 3.42. The van der Waals surface area contributed by atoms with Crippen molar-refractivity contribution in [1.29, 1.82) is 0 Å². The van der Waals surface area contributed by atoms with Gasteiger partial charge in [0.2, 0.25) is 0 Å². The second-order valence-electron chi connectivity index (χ2n) is 6.66. The summed E-state index contributed by atoms with van der Waals surface area (Å²) in [5.74, 6) is 1.55. The molecule has 1 N–H and O–H groups in total. The van der Waals surface area contributed by atoms with E-state index in [0.29, 0.717) is 0 Å². The fraction of sp³-hybridized carbons (Fsp3) is 0.182. The van der Waals surface area contributed by atoms with E-state index in [0.717, 1.165) is 59.8 Å². The summed E-state index contributed by atoms with van der Waals surface area (Å²) >= 11 is 1.67. The number of morpholine rings is 1. The maximum atomic E-state index is 5.45. The predicted octanol–water partition coefficient (Wildman–Crippen LogP) is 4.54. The standard InChI is InChI=1S/C22H20N4OS/c1-2-5-19-18(4-1)23-21(25-22(24-19)20-6-3-15-28-20)16-7-9-17(10-8-16)26-11-13-27-14-12-26/h1-10,15H,11-14H2,(H,23,24,25). The smallest absolute Gasteiger partial charge is 0.162 e. The van der Waals surface area contributed by atoms with Gasteiger partial charge in [-0.15, -0.1) is 11.3 Å². The zero-order valence-electron chi connectivity index (χ0n) is 15.3. The molecule has 5 rings (SSSR count). The van der Waals surface area contributed by atoms with Gasteiger partial charge in [0.05, 0.1) is 29.5 Å². The maximum absolute atomic E-state index is 5.45. The van der Waals surface area contributed by atoms with E-state index in [1.807, 2.05) is 30.3 Å². The van der Waals surface area contributed by atoms with Crippen molar-refractivity contribution in [3.8, 4) is 0 Å². The largest absolute Gasteiger partial charge is 0.378 e. The predicted molar refractivity (Wildman–Crippen MR) is 117 cm³/mol. The average molecular weight is 388 g/mol. The highest BCUT2D eigenvalue weighted by Gasteiger charge is 2.16. The van der Waals surface area contributed by atoms with Gasteiger partial charge in [0.1, 0.15) is 5.84 Å². The Kier molecular flexibility index (Phi) is 4.64. The number of thiophene rings is 1. The van der Waals surface area contributed by atoms with Crippen LogP contribution in [0, 0.1) is 0 Å². The van der Waals surface area contributed by atoms with E-state index >= 15 is 0 Å². The summed E-state index contributed by atoms with van der Waals surface area (Å²) in [6.07, 6.45) is 0. The molecule has 0 amide bonds. The number of nitrogens with one attached hydrogen (secondary N) is 1. The van der Waals surface area contributed by atoms with Gasteiger partial charge >= 0.3 is 0 Å². The number of nitrogens with zero attached hydrogens (tertiary/aromatic N) is 3. The van der Waals surface area contributed by atoms with Gasteiger partial charge in [0.25, 0.3) is 0 Å². The molecule has 1 aromatic heterocycles. The van der Waals surface area contributed by atoms with Crippen LogP contribution >= 0.6 is 11.3 Å². The highest BCUT2D eigenvalue weighted by atomic mass is 32.1. The second kappa shape index (κ2) is 7.58. The Morgan fingerprint density at radius 2 is 1.71 bits per heavy atom. The van der Waals surface area contributed by atoms with Crippen LogP contribution in [0.15, 0.2) is 76.0 Å². The number of hydrogen-bond acceptors (Lipinski definition) is 6. The first-order chi connectivity index (χ1) is 13.9. The molecule has 0 spiro atoms. The lowest BCUT2D eigenvalue weighted by atomic mass is 10.1. The summed E-state index contributed by atoms with van der Waals surface area (Å²) in [5.41, 5.74) is 4.08. The fourth-order valence-corrected chi connectivity index (χ4v) is 4.05. The summed E-state index contributed by atoms with van der Waals surface area (Å²) in [6, 6.07) is 20.7. The minimum Gasteiger partial charge on any atom is -0.378 e. The molecule has 5 nitrogen and oxygen atoms in total. The van der Waals surface area contributed by atoms with Crippen molar-refractivity contribution in [3.63, 3.8) is 0 Å². The molecule has 2 aliphatic heterocycles. The molecule has 2 aromatic carbocycles. The van der Waals surface area contributed by atoms with Crippen molar-refractivity contribution in [2.24, 2.45) is 9.98 Å². The number of hydrogen-bond donors (Lipinski definition) is 1. The molecule has 0 aliphatic carbocycles. The van der Waals surface area contributed by atoms with Gasteiger partial charge in [0.15, 0.2) is 5.84 Å². The molecular weight excluding hydrogens is 368 g/mol. The van der Waals surface area contributed by atoms with Gasteiger partial charge in [-0.1, -0.05) is 18.2 Å². The molecule has 0 unspecified atom stereocenters. The molecule has 140 valence electrons. The van der Waals surface area contributed by atoms with Crippen LogP contribution in [0.5, 0.6) is 0 Å². The Bertz CT molecular complexity index is 1020.